The number of alkyl halides is 3. The summed E-state index contributed by atoms with van der Waals surface area (Å²) in [6, 6.07) is 7.22. The number of rotatable bonds is 6. The second-order valence-corrected chi connectivity index (χ2v) is 8.16. The third-order valence-electron chi connectivity index (χ3n) is 4.18. The van der Waals surface area contributed by atoms with E-state index in [1.165, 1.54) is 24.3 Å². The lowest BCUT2D eigenvalue weighted by Gasteiger charge is -2.07. The Morgan fingerprint density at radius 2 is 1.70 bits per heavy atom. The second-order valence-electron chi connectivity index (χ2n) is 6.20. The average Bonchev–Trinajstić information content (AvgIpc) is 3.32. The smallest absolute Gasteiger partial charge is 0.416 e. The lowest BCUT2D eigenvalue weighted by molar-refractivity contribution is -0.137. The van der Waals surface area contributed by atoms with Gasteiger partial charge in [0.1, 0.15) is 17.2 Å². The number of aliphatic imine (C=N–C) groups is 1. The van der Waals surface area contributed by atoms with Crippen LogP contribution >= 0.6 is 22.7 Å². The van der Waals surface area contributed by atoms with E-state index >= 15 is 0 Å². The van der Waals surface area contributed by atoms with Gasteiger partial charge >= 0.3 is 12.1 Å². The van der Waals surface area contributed by atoms with Gasteiger partial charge in [0.05, 0.1) is 15.3 Å². The molecule has 30 heavy (non-hydrogen) atoms. The number of hydrogen-bond acceptors (Lipinski definition) is 6. The Balaban J connectivity index is 1.77. The SMILES string of the molecule is CC(=NCC(=O)c1ccc(C(=O)O)s1)c1csc(-c2ccc(C(F)(F)F)cc2)c1O. The van der Waals surface area contributed by atoms with E-state index in [9.17, 15) is 27.9 Å². The summed E-state index contributed by atoms with van der Waals surface area (Å²) >= 11 is 2.01. The molecule has 0 atom stereocenters. The molecule has 1 aromatic carbocycles. The largest absolute Gasteiger partial charge is 0.506 e. The van der Waals surface area contributed by atoms with Crippen molar-refractivity contribution in [1.82, 2.24) is 0 Å². The highest BCUT2D eigenvalue weighted by molar-refractivity contribution is 7.16. The number of carbonyl (C=O) groups is 2. The van der Waals surface area contributed by atoms with Crippen LogP contribution in [-0.2, 0) is 6.18 Å². The third kappa shape index (κ3) is 4.60. The predicted octanol–water partition coefficient (Wildman–Crippen LogP) is 5.59. The lowest BCUT2D eigenvalue weighted by Crippen LogP contribution is -2.04. The van der Waals surface area contributed by atoms with Crippen LogP contribution in [0.5, 0.6) is 5.75 Å². The summed E-state index contributed by atoms with van der Waals surface area (Å²) in [5, 5.41) is 21.0. The van der Waals surface area contributed by atoms with Gasteiger partial charge in [0.15, 0.2) is 5.78 Å². The van der Waals surface area contributed by atoms with Crippen LogP contribution in [0.2, 0.25) is 0 Å². The number of aromatic hydroxyl groups is 1. The number of nitrogens with zero attached hydrogens (tertiary/aromatic N) is 1. The molecule has 0 aliphatic heterocycles. The minimum Gasteiger partial charge on any atom is -0.506 e. The first-order valence-electron chi connectivity index (χ1n) is 8.43. The van der Waals surface area contributed by atoms with E-state index < -0.39 is 17.7 Å². The molecule has 0 aliphatic carbocycles. The molecule has 0 bridgehead atoms. The molecule has 0 amide bonds. The molecule has 5 nitrogen and oxygen atoms in total. The van der Waals surface area contributed by atoms with Gasteiger partial charge < -0.3 is 10.2 Å². The molecular weight excluding hydrogens is 439 g/mol. The Morgan fingerprint density at radius 3 is 2.27 bits per heavy atom. The van der Waals surface area contributed by atoms with E-state index in [-0.39, 0.29) is 27.8 Å². The average molecular weight is 453 g/mol. The Kier molecular flexibility index (Phi) is 6.09. The van der Waals surface area contributed by atoms with Gasteiger partial charge in [-0.15, -0.1) is 22.7 Å². The fourth-order valence-electron chi connectivity index (χ4n) is 2.58. The number of thiophene rings is 2. The molecule has 156 valence electrons. The van der Waals surface area contributed by atoms with Gasteiger partial charge in [-0.05, 0) is 36.8 Å². The van der Waals surface area contributed by atoms with Crippen molar-refractivity contribution in [1.29, 1.82) is 0 Å². The summed E-state index contributed by atoms with van der Waals surface area (Å²) in [4.78, 5) is 28.0. The maximum atomic E-state index is 12.7. The fourth-order valence-corrected chi connectivity index (χ4v) is 4.37. The lowest BCUT2D eigenvalue weighted by atomic mass is 10.1. The van der Waals surface area contributed by atoms with Crippen LogP contribution in [-0.4, -0.2) is 34.2 Å². The number of carbonyl (C=O) groups excluding carboxylic acids is 1. The van der Waals surface area contributed by atoms with Crippen LogP contribution in [0.3, 0.4) is 0 Å². The van der Waals surface area contributed by atoms with Crippen LogP contribution in [0.25, 0.3) is 10.4 Å². The van der Waals surface area contributed by atoms with Gasteiger partial charge in [-0.2, -0.15) is 13.2 Å². The van der Waals surface area contributed by atoms with Crippen molar-refractivity contribution in [3.05, 3.63) is 62.7 Å². The molecule has 2 aromatic heterocycles. The fraction of sp³-hybridized carbons (Fsp3) is 0.150. The van der Waals surface area contributed by atoms with Crippen LogP contribution in [0.4, 0.5) is 13.2 Å². The molecule has 2 heterocycles. The normalized spacial score (nSPS) is 12.2. The highest BCUT2D eigenvalue weighted by Crippen LogP contribution is 2.40. The molecule has 0 fully saturated rings. The van der Waals surface area contributed by atoms with Gasteiger partial charge in [0, 0.05) is 16.7 Å². The first-order chi connectivity index (χ1) is 14.1. The molecule has 3 rings (SSSR count). The Morgan fingerprint density at radius 1 is 1.07 bits per heavy atom. The molecular formula is C20H14F3NO4S2. The van der Waals surface area contributed by atoms with Crippen LogP contribution in [0.1, 0.15) is 37.4 Å². The summed E-state index contributed by atoms with van der Waals surface area (Å²) in [7, 11) is 0. The van der Waals surface area contributed by atoms with Crippen molar-refractivity contribution in [3.8, 4) is 16.2 Å². The number of halogens is 3. The van der Waals surface area contributed by atoms with Crippen molar-refractivity contribution in [3.63, 3.8) is 0 Å². The zero-order valence-corrected chi connectivity index (χ0v) is 17.0. The highest BCUT2D eigenvalue weighted by atomic mass is 32.1. The number of aromatic carboxylic acids is 1. The van der Waals surface area contributed by atoms with Gasteiger partial charge in [0.25, 0.3) is 0 Å². The Labute approximate surface area is 176 Å². The molecule has 0 radical (unpaired) electrons. The molecule has 10 heteroatoms. The summed E-state index contributed by atoms with van der Waals surface area (Å²) in [6.45, 7) is 1.37. The van der Waals surface area contributed by atoms with E-state index in [2.05, 4.69) is 4.99 Å². The van der Waals surface area contributed by atoms with E-state index in [1.807, 2.05) is 0 Å². The van der Waals surface area contributed by atoms with Gasteiger partial charge in [-0.1, -0.05) is 12.1 Å². The van der Waals surface area contributed by atoms with Crippen molar-refractivity contribution in [2.45, 2.75) is 13.1 Å². The Bertz CT molecular complexity index is 1130. The molecule has 2 N–H and O–H groups in total. The summed E-state index contributed by atoms with van der Waals surface area (Å²) in [6.07, 6.45) is -4.44. The maximum Gasteiger partial charge on any atom is 0.416 e. The second kappa shape index (κ2) is 8.41. The molecule has 3 aromatic rings. The van der Waals surface area contributed by atoms with Crippen molar-refractivity contribution >= 4 is 40.1 Å². The summed E-state index contributed by atoms with van der Waals surface area (Å²) in [5.41, 5.74) is 0.407. The minimum absolute atomic E-state index is 0.0516. The molecule has 0 saturated heterocycles. The van der Waals surface area contributed by atoms with E-state index in [0.29, 0.717) is 21.7 Å². The third-order valence-corrected chi connectivity index (χ3v) is 6.31. The maximum absolute atomic E-state index is 12.7. The number of Topliss-reactive ketones (excluding diaryl/α,β-unsaturated/α-hetero) is 1. The first-order valence-corrected chi connectivity index (χ1v) is 10.1. The summed E-state index contributed by atoms with van der Waals surface area (Å²) < 4.78 is 38.1. The number of ketones is 1. The van der Waals surface area contributed by atoms with Crippen LogP contribution in [0.15, 0.2) is 46.8 Å². The van der Waals surface area contributed by atoms with Crippen LogP contribution < -0.4 is 0 Å². The first kappa shape index (κ1) is 21.7. The molecule has 0 unspecified atom stereocenters. The minimum atomic E-state index is -4.44. The van der Waals surface area contributed by atoms with E-state index in [4.69, 9.17) is 5.11 Å². The monoisotopic (exact) mass is 453 g/mol. The molecule has 0 spiro atoms. The number of benzene rings is 1. The van der Waals surface area contributed by atoms with Crippen LogP contribution in [0, 0.1) is 0 Å². The van der Waals surface area contributed by atoms with E-state index in [1.54, 1.807) is 12.3 Å². The molecule has 0 saturated carbocycles. The van der Waals surface area contributed by atoms with Gasteiger partial charge in [-0.25, -0.2) is 4.79 Å². The standard InChI is InChI=1S/C20H14F3NO4S2/c1-10(24-8-14(25)15-6-7-16(30-15)19(27)28)13-9-29-18(17(13)26)11-2-4-12(5-3-11)20(21,22)23/h2-7,9,26H,8H2,1H3,(H,27,28). The van der Waals surface area contributed by atoms with Crippen molar-refractivity contribution < 1.29 is 33.0 Å². The van der Waals surface area contributed by atoms with Crippen molar-refractivity contribution in [2.24, 2.45) is 4.99 Å². The Hall–Kier alpha value is -2.98. The van der Waals surface area contributed by atoms with Crippen molar-refractivity contribution in [2.75, 3.05) is 6.54 Å². The number of carboxylic acids is 1. The van der Waals surface area contributed by atoms with Gasteiger partial charge in [-0.3, -0.25) is 9.79 Å². The highest BCUT2D eigenvalue weighted by Gasteiger charge is 2.30. The zero-order valence-electron chi connectivity index (χ0n) is 15.4. The predicted molar refractivity (Wildman–Crippen MR) is 109 cm³/mol. The van der Waals surface area contributed by atoms with E-state index in [0.717, 1.165) is 34.8 Å². The van der Waals surface area contributed by atoms with Gasteiger partial charge in [0.2, 0.25) is 0 Å². The summed E-state index contributed by atoms with van der Waals surface area (Å²) in [5.74, 6) is -1.60. The number of hydrogen-bond donors (Lipinski definition) is 2. The molecule has 0 aliphatic rings. The quantitative estimate of drug-likeness (QED) is 0.376. The topological polar surface area (TPSA) is 87.0 Å². The number of carboxylic acid groups (broad SMARTS) is 1. The zero-order chi connectivity index (χ0) is 22.1.